The Morgan fingerprint density at radius 2 is 1.92 bits per heavy atom. The normalized spacial score (nSPS) is 27.4. The van der Waals surface area contributed by atoms with Gasteiger partial charge in [-0.05, 0) is 31.6 Å². The van der Waals surface area contributed by atoms with E-state index < -0.39 is 0 Å². The van der Waals surface area contributed by atoms with E-state index in [-0.39, 0.29) is 12.4 Å². The molecule has 1 N–H and O–H groups in total. The summed E-state index contributed by atoms with van der Waals surface area (Å²) < 4.78 is 0. The van der Waals surface area contributed by atoms with E-state index in [2.05, 4.69) is 18.3 Å². The van der Waals surface area contributed by atoms with Crippen LogP contribution in [0.25, 0.3) is 0 Å². The molecule has 0 aliphatic heterocycles. The molecule has 0 aromatic rings. The van der Waals surface area contributed by atoms with Gasteiger partial charge in [0.25, 0.3) is 0 Å². The number of nitriles is 1. The highest BCUT2D eigenvalue weighted by atomic mass is 35.5. The molecule has 1 aliphatic rings. The molecule has 3 heteroatoms. The highest BCUT2D eigenvalue weighted by Gasteiger charge is 2.16. The lowest BCUT2D eigenvalue weighted by Crippen LogP contribution is -2.33. The summed E-state index contributed by atoms with van der Waals surface area (Å²) in [6, 6.07) is 2.84. The minimum atomic E-state index is 0. The van der Waals surface area contributed by atoms with Crippen LogP contribution < -0.4 is 5.32 Å². The summed E-state index contributed by atoms with van der Waals surface area (Å²) in [6.07, 6.45) is 5.94. The molecule has 0 heterocycles. The van der Waals surface area contributed by atoms with Crippen LogP contribution in [0.15, 0.2) is 0 Å². The summed E-state index contributed by atoms with van der Waals surface area (Å²) in [5, 5.41) is 11.8. The van der Waals surface area contributed by atoms with Gasteiger partial charge in [-0.15, -0.1) is 12.4 Å². The summed E-state index contributed by atoms with van der Waals surface area (Å²) in [7, 11) is 0. The summed E-state index contributed by atoms with van der Waals surface area (Å²) in [4.78, 5) is 0. The van der Waals surface area contributed by atoms with Gasteiger partial charge in [-0.25, -0.2) is 0 Å². The molecule has 0 bridgehead atoms. The van der Waals surface area contributed by atoms with Gasteiger partial charge in [0.05, 0.1) is 6.07 Å². The maximum atomic E-state index is 8.35. The fourth-order valence-electron chi connectivity index (χ4n) is 1.80. The van der Waals surface area contributed by atoms with Crippen molar-refractivity contribution in [1.29, 1.82) is 5.26 Å². The third-order valence-corrected chi connectivity index (χ3v) is 2.69. The minimum absolute atomic E-state index is 0. The Labute approximate surface area is 87.1 Å². The van der Waals surface area contributed by atoms with E-state index in [1.54, 1.807) is 0 Å². The molecular formula is C10H19ClN2. The van der Waals surface area contributed by atoms with Crippen molar-refractivity contribution < 1.29 is 0 Å². The SMILES string of the molecule is CC1CCC(NCCC#N)CC1.Cl. The number of nitrogens with one attached hydrogen (secondary N) is 1. The molecule has 0 amide bonds. The Kier molecular flexibility index (Phi) is 7.03. The van der Waals surface area contributed by atoms with Gasteiger partial charge >= 0.3 is 0 Å². The maximum Gasteiger partial charge on any atom is 0.0635 e. The zero-order valence-electron chi connectivity index (χ0n) is 8.25. The Morgan fingerprint density at radius 1 is 1.31 bits per heavy atom. The lowest BCUT2D eigenvalue weighted by molar-refractivity contribution is 0.309. The van der Waals surface area contributed by atoms with Crippen LogP contribution in [0.5, 0.6) is 0 Å². The van der Waals surface area contributed by atoms with Gasteiger partial charge in [0.1, 0.15) is 0 Å². The molecular weight excluding hydrogens is 184 g/mol. The zero-order valence-corrected chi connectivity index (χ0v) is 9.07. The molecule has 0 radical (unpaired) electrons. The number of hydrogen-bond acceptors (Lipinski definition) is 2. The molecule has 0 spiro atoms. The highest BCUT2D eigenvalue weighted by Crippen LogP contribution is 2.23. The number of rotatable bonds is 3. The smallest absolute Gasteiger partial charge is 0.0635 e. The molecule has 76 valence electrons. The van der Waals surface area contributed by atoms with Crippen LogP contribution in [0.1, 0.15) is 39.0 Å². The standard InChI is InChI=1S/C10H18N2.ClH/c1-9-3-5-10(6-4-9)12-8-2-7-11;/h9-10,12H,2-6,8H2,1H3;1H. The first-order chi connectivity index (χ1) is 5.83. The van der Waals surface area contributed by atoms with Gasteiger partial charge in [0.15, 0.2) is 0 Å². The van der Waals surface area contributed by atoms with E-state index in [9.17, 15) is 0 Å². The van der Waals surface area contributed by atoms with Gasteiger partial charge in [0, 0.05) is 19.0 Å². The van der Waals surface area contributed by atoms with Crippen molar-refractivity contribution in [3.05, 3.63) is 0 Å². The average Bonchev–Trinajstić information content (AvgIpc) is 2.09. The molecule has 1 fully saturated rings. The quantitative estimate of drug-likeness (QED) is 0.714. The lowest BCUT2D eigenvalue weighted by atomic mass is 9.87. The van der Waals surface area contributed by atoms with Gasteiger partial charge in [-0.2, -0.15) is 5.26 Å². The molecule has 0 atom stereocenters. The van der Waals surface area contributed by atoms with Gasteiger partial charge in [-0.1, -0.05) is 6.92 Å². The van der Waals surface area contributed by atoms with Crippen LogP contribution in [0, 0.1) is 17.2 Å². The number of halogens is 1. The zero-order chi connectivity index (χ0) is 8.81. The molecule has 0 aromatic carbocycles. The second-order valence-electron chi connectivity index (χ2n) is 3.82. The predicted molar refractivity (Wildman–Crippen MR) is 56.9 cm³/mol. The van der Waals surface area contributed by atoms with E-state index in [4.69, 9.17) is 5.26 Å². The monoisotopic (exact) mass is 202 g/mol. The molecule has 0 aromatic heterocycles. The Hall–Kier alpha value is -0.260. The van der Waals surface area contributed by atoms with Gasteiger partial charge in [0.2, 0.25) is 0 Å². The Bertz CT molecular complexity index is 157. The predicted octanol–water partition coefficient (Wildman–Crippen LogP) is 2.49. The minimum Gasteiger partial charge on any atom is -0.313 e. The van der Waals surface area contributed by atoms with E-state index >= 15 is 0 Å². The van der Waals surface area contributed by atoms with Crippen LogP contribution in [0.4, 0.5) is 0 Å². The van der Waals surface area contributed by atoms with E-state index in [1.165, 1.54) is 25.7 Å². The summed E-state index contributed by atoms with van der Waals surface area (Å²) in [6.45, 7) is 3.20. The van der Waals surface area contributed by atoms with Crippen molar-refractivity contribution in [2.24, 2.45) is 5.92 Å². The largest absolute Gasteiger partial charge is 0.313 e. The fraction of sp³-hybridized carbons (Fsp3) is 0.900. The summed E-state index contributed by atoms with van der Waals surface area (Å²) in [5.41, 5.74) is 0. The average molecular weight is 203 g/mol. The van der Waals surface area contributed by atoms with E-state index in [1.807, 2.05) is 0 Å². The first-order valence-electron chi connectivity index (χ1n) is 4.93. The number of hydrogen-bond donors (Lipinski definition) is 1. The first-order valence-corrected chi connectivity index (χ1v) is 4.93. The van der Waals surface area contributed by atoms with Crippen LogP contribution in [-0.4, -0.2) is 12.6 Å². The topological polar surface area (TPSA) is 35.8 Å². The molecule has 1 rings (SSSR count). The van der Waals surface area contributed by atoms with Crippen molar-refractivity contribution in [3.8, 4) is 6.07 Å². The van der Waals surface area contributed by atoms with Crippen LogP contribution in [-0.2, 0) is 0 Å². The molecule has 13 heavy (non-hydrogen) atoms. The second-order valence-corrected chi connectivity index (χ2v) is 3.82. The van der Waals surface area contributed by atoms with E-state index in [0.717, 1.165) is 12.5 Å². The number of nitrogens with zero attached hydrogens (tertiary/aromatic N) is 1. The summed E-state index contributed by atoms with van der Waals surface area (Å²) >= 11 is 0. The van der Waals surface area contributed by atoms with Crippen LogP contribution in [0.3, 0.4) is 0 Å². The Balaban J connectivity index is 0.00000144. The maximum absolute atomic E-state index is 8.35. The first kappa shape index (κ1) is 12.7. The Morgan fingerprint density at radius 3 is 2.46 bits per heavy atom. The van der Waals surface area contributed by atoms with Gasteiger partial charge < -0.3 is 5.32 Å². The van der Waals surface area contributed by atoms with Gasteiger partial charge in [-0.3, -0.25) is 0 Å². The third kappa shape index (κ3) is 5.13. The van der Waals surface area contributed by atoms with E-state index in [0.29, 0.717) is 12.5 Å². The van der Waals surface area contributed by atoms with Crippen molar-refractivity contribution in [2.45, 2.75) is 45.1 Å². The van der Waals surface area contributed by atoms with Crippen molar-refractivity contribution in [1.82, 2.24) is 5.32 Å². The molecule has 0 saturated heterocycles. The third-order valence-electron chi connectivity index (χ3n) is 2.69. The molecule has 0 unspecified atom stereocenters. The lowest BCUT2D eigenvalue weighted by Gasteiger charge is -2.26. The second kappa shape index (κ2) is 7.17. The van der Waals surface area contributed by atoms with Crippen molar-refractivity contribution in [3.63, 3.8) is 0 Å². The van der Waals surface area contributed by atoms with Crippen molar-refractivity contribution >= 4 is 12.4 Å². The van der Waals surface area contributed by atoms with Crippen LogP contribution >= 0.6 is 12.4 Å². The fourth-order valence-corrected chi connectivity index (χ4v) is 1.80. The van der Waals surface area contributed by atoms with Crippen molar-refractivity contribution in [2.75, 3.05) is 6.54 Å². The highest BCUT2D eigenvalue weighted by molar-refractivity contribution is 5.85. The summed E-state index contributed by atoms with van der Waals surface area (Å²) in [5.74, 6) is 0.916. The molecule has 1 saturated carbocycles. The molecule has 2 nitrogen and oxygen atoms in total. The van der Waals surface area contributed by atoms with Crippen LogP contribution in [0.2, 0.25) is 0 Å². The molecule has 1 aliphatic carbocycles.